The molecule has 72 valence electrons. The van der Waals surface area contributed by atoms with Crippen LogP contribution in [0.5, 0.6) is 0 Å². The summed E-state index contributed by atoms with van der Waals surface area (Å²) in [5, 5.41) is 3.16. The van der Waals surface area contributed by atoms with Gasteiger partial charge in [0.1, 0.15) is 5.82 Å². The SMILES string of the molecule is O=Cc1cc(F)c(CBr)c2ccsc12. The lowest BCUT2D eigenvalue weighted by molar-refractivity contribution is 0.112. The molecule has 0 aliphatic carbocycles. The second-order valence-electron chi connectivity index (χ2n) is 2.84. The number of carbonyl (C=O) groups is 1. The minimum Gasteiger partial charge on any atom is -0.298 e. The van der Waals surface area contributed by atoms with Crippen molar-refractivity contribution in [1.82, 2.24) is 0 Å². The van der Waals surface area contributed by atoms with Crippen molar-refractivity contribution in [3.8, 4) is 0 Å². The zero-order chi connectivity index (χ0) is 10.1. The molecule has 0 spiro atoms. The van der Waals surface area contributed by atoms with E-state index in [1.54, 1.807) is 0 Å². The third kappa shape index (κ3) is 1.38. The van der Waals surface area contributed by atoms with Crippen molar-refractivity contribution in [3.05, 3.63) is 34.5 Å². The van der Waals surface area contributed by atoms with Gasteiger partial charge in [-0.25, -0.2) is 4.39 Å². The highest BCUT2D eigenvalue weighted by molar-refractivity contribution is 9.08. The summed E-state index contributed by atoms with van der Waals surface area (Å²) in [7, 11) is 0. The number of rotatable bonds is 2. The lowest BCUT2D eigenvalue weighted by atomic mass is 10.1. The van der Waals surface area contributed by atoms with E-state index in [0.29, 0.717) is 22.7 Å². The van der Waals surface area contributed by atoms with Crippen molar-refractivity contribution in [2.45, 2.75) is 5.33 Å². The zero-order valence-corrected chi connectivity index (χ0v) is 9.49. The first-order chi connectivity index (χ1) is 6.77. The van der Waals surface area contributed by atoms with Crippen LogP contribution >= 0.6 is 27.3 Å². The quantitative estimate of drug-likeness (QED) is 0.601. The van der Waals surface area contributed by atoms with Gasteiger partial charge in [-0.05, 0) is 17.5 Å². The number of benzene rings is 1. The highest BCUT2D eigenvalue weighted by Gasteiger charge is 2.11. The Kier molecular flexibility index (Phi) is 2.65. The minimum atomic E-state index is -0.324. The zero-order valence-electron chi connectivity index (χ0n) is 7.09. The second-order valence-corrected chi connectivity index (χ2v) is 4.32. The van der Waals surface area contributed by atoms with E-state index in [9.17, 15) is 9.18 Å². The van der Waals surface area contributed by atoms with Crippen LogP contribution in [0.2, 0.25) is 0 Å². The molecular formula is C10H6BrFOS. The minimum absolute atomic E-state index is 0.324. The van der Waals surface area contributed by atoms with Crippen LogP contribution in [-0.4, -0.2) is 6.29 Å². The second kappa shape index (κ2) is 3.79. The molecule has 0 unspecified atom stereocenters. The largest absolute Gasteiger partial charge is 0.298 e. The molecule has 0 radical (unpaired) electrons. The molecule has 2 aromatic rings. The highest BCUT2D eigenvalue weighted by atomic mass is 79.9. The van der Waals surface area contributed by atoms with Crippen LogP contribution in [0.3, 0.4) is 0 Å². The Balaban J connectivity index is 2.88. The Morgan fingerprint density at radius 3 is 3.00 bits per heavy atom. The Hall–Kier alpha value is -0.740. The molecule has 0 fully saturated rings. The summed E-state index contributed by atoms with van der Waals surface area (Å²) in [6.07, 6.45) is 0.694. The summed E-state index contributed by atoms with van der Waals surface area (Å²) in [5.41, 5.74) is 1.05. The summed E-state index contributed by atoms with van der Waals surface area (Å²) in [4.78, 5) is 10.7. The van der Waals surface area contributed by atoms with Gasteiger partial charge in [-0.3, -0.25) is 4.79 Å². The molecule has 4 heteroatoms. The summed E-state index contributed by atoms with van der Waals surface area (Å²) in [6, 6.07) is 3.13. The molecule has 1 heterocycles. The van der Waals surface area contributed by atoms with Gasteiger partial charge in [-0.15, -0.1) is 11.3 Å². The average Bonchev–Trinajstić information content (AvgIpc) is 2.65. The molecule has 0 saturated carbocycles. The fourth-order valence-electron chi connectivity index (χ4n) is 1.41. The molecule has 0 bridgehead atoms. The van der Waals surface area contributed by atoms with Crippen LogP contribution in [-0.2, 0) is 5.33 Å². The van der Waals surface area contributed by atoms with Gasteiger partial charge in [0.05, 0.1) is 0 Å². The van der Waals surface area contributed by atoms with E-state index in [1.807, 2.05) is 11.4 Å². The molecule has 14 heavy (non-hydrogen) atoms. The Morgan fingerprint density at radius 2 is 2.36 bits per heavy atom. The number of thiophene rings is 1. The first kappa shape index (κ1) is 9.80. The Morgan fingerprint density at radius 1 is 1.57 bits per heavy atom. The van der Waals surface area contributed by atoms with Crippen molar-refractivity contribution in [3.63, 3.8) is 0 Å². The van der Waals surface area contributed by atoms with Crippen LogP contribution in [0.15, 0.2) is 17.5 Å². The van der Waals surface area contributed by atoms with Crippen molar-refractivity contribution in [2.24, 2.45) is 0 Å². The summed E-state index contributed by atoms with van der Waals surface area (Å²) in [6.45, 7) is 0. The maximum atomic E-state index is 13.5. The van der Waals surface area contributed by atoms with E-state index in [0.717, 1.165) is 10.1 Å². The Bertz CT molecular complexity index is 492. The van der Waals surface area contributed by atoms with Gasteiger partial charge in [0.2, 0.25) is 0 Å². The van der Waals surface area contributed by atoms with Crippen LogP contribution in [0.1, 0.15) is 15.9 Å². The molecule has 0 amide bonds. The number of hydrogen-bond acceptors (Lipinski definition) is 2. The molecule has 1 nitrogen and oxygen atoms in total. The molecule has 0 aliphatic heterocycles. The van der Waals surface area contributed by atoms with Crippen LogP contribution in [0.4, 0.5) is 4.39 Å². The van der Waals surface area contributed by atoms with Gasteiger partial charge >= 0.3 is 0 Å². The van der Waals surface area contributed by atoms with E-state index < -0.39 is 0 Å². The van der Waals surface area contributed by atoms with Crippen molar-refractivity contribution in [2.75, 3.05) is 0 Å². The predicted molar refractivity (Wildman–Crippen MR) is 59.8 cm³/mol. The molecule has 2 rings (SSSR count). The molecule has 0 atom stereocenters. The van der Waals surface area contributed by atoms with E-state index >= 15 is 0 Å². The van der Waals surface area contributed by atoms with Crippen molar-refractivity contribution < 1.29 is 9.18 Å². The molecule has 0 N–H and O–H groups in total. The lowest BCUT2D eigenvalue weighted by Crippen LogP contribution is -1.90. The third-order valence-corrected chi connectivity index (χ3v) is 3.61. The van der Waals surface area contributed by atoms with E-state index in [-0.39, 0.29) is 5.82 Å². The number of carbonyl (C=O) groups excluding carboxylic acids is 1. The number of aldehydes is 1. The normalized spacial score (nSPS) is 10.7. The fourth-order valence-corrected chi connectivity index (χ4v) is 2.88. The summed E-state index contributed by atoms with van der Waals surface area (Å²) >= 11 is 4.69. The molecular weight excluding hydrogens is 267 g/mol. The number of halogens is 2. The van der Waals surface area contributed by atoms with E-state index in [1.165, 1.54) is 17.4 Å². The third-order valence-electron chi connectivity index (χ3n) is 2.08. The van der Waals surface area contributed by atoms with Crippen LogP contribution < -0.4 is 0 Å². The lowest BCUT2D eigenvalue weighted by Gasteiger charge is -2.02. The first-order valence-electron chi connectivity index (χ1n) is 3.97. The summed E-state index contributed by atoms with van der Waals surface area (Å²) in [5.74, 6) is -0.324. The summed E-state index contributed by atoms with van der Waals surface area (Å²) < 4.78 is 14.3. The molecule has 0 saturated heterocycles. The topological polar surface area (TPSA) is 17.1 Å². The van der Waals surface area contributed by atoms with Gasteiger partial charge in [-0.1, -0.05) is 15.9 Å². The molecule has 1 aromatic heterocycles. The van der Waals surface area contributed by atoms with Gasteiger partial charge < -0.3 is 0 Å². The van der Waals surface area contributed by atoms with Crippen molar-refractivity contribution in [1.29, 1.82) is 0 Å². The molecule has 1 aromatic carbocycles. The number of alkyl halides is 1. The maximum absolute atomic E-state index is 13.5. The predicted octanol–water partition coefficient (Wildman–Crippen LogP) is 3.75. The monoisotopic (exact) mass is 272 g/mol. The molecule has 0 aliphatic rings. The van der Waals surface area contributed by atoms with Crippen LogP contribution in [0.25, 0.3) is 10.1 Å². The number of hydrogen-bond donors (Lipinski definition) is 0. The van der Waals surface area contributed by atoms with Gasteiger partial charge in [-0.2, -0.15) is 0 Å². The van der Waals surface area contributed by atoms with E-state index in [2.05, 4.69) is 15.9 Å². The van der Waals surface area contributed by atoms with Crippen LogP contribution in [0, 0.1) is 5.82 Å². The fraction of sp³-hybridized carbons (Fsp3) is 0.100. The maximum Gasteiger partial charge on any atom is 0.151 e. The van der Waals surface area contributed by atoms with E-state index in [4.69, 9.17) is 0 Å². The average molecular weight is 273 g/mol. The smallest absolute Gasteiger partial charge is 0.151 e. The van der Waals surface area contributed by atoms with Crippen molar-refractivity contribution >= 4 is 43.6 Å². The highest BCUT2D eigenvalue weighted by Crippen LogP contribution is 2.30. The van der Waals surface area contributed by atoms with Gasteiger partial charge in [0.25, 0.3) is 0 Å². The van der Waals surface area contributed by atoms with Gasteiger partial charge in [0, 0.05) is 26.5 Å². The van der Waals surface area contributed by atoms with Gasteiger partial charge in [0.15, 0.2) is 6.29 Å². The first-order valence-corrected chi connectivity index (χ1v) is 5.97. The Labute approximate surface area is 92.7 Å². The standard InChI is InChI=1S/C10H6BrFOS/c11-4-8-7-1-2-14-10(7)6(5-13)3-9(8)12/h1-3,5H,4H2. The number of fused-ring (bicyclic) bond motifs is 1.